The van der Waals surface area contributed by atoms with E-state index in [4.69, 9.17) is 0 Å². The minimum absolute atomic E-state index is 0.0361. The summed E-state index contributed by atoms with van der Waals surface area (Å²) in [5.41, 5.74) is 1.05. The zero-order valence-electron chi connectivity index (χ0n) is 12.0. The van der Waals surface area contributed by atoms with Crippen molar-refractivity contribution in [2.45, 2.75) is 51.0 Å². The fourth-order valence-electron chi connectivity index (χ4n) is 2.83. The molecule has 20 heavy (non-hydrogen) atoms. The summed E-state index contributed by atoms with van der Waals surface area (Å²) in [6.45, 7) is 0. The fourth-order valence-corrected chi connectivity index (χ4v) is 2.83. The molecule has 5 nitrogen and oxygen atoms in total. The SMILES string of the molecule is Cn1cc(CCC(=O)NC(C#N)C2CCCCC2)cn1. The van der Waals surface area contributed by atoms with Crippen LogP contribution in [0.3, 0.4) is 0 Å². The van der Waals surface area contributed by atoms with E-state index >= 15 is 0 Å². The molecule has 1 amide bonds. The van der Waals surface area contributed by atoms with E-state index < -0.39 is 0 Å². The lowest BCUT2D eigenvalue weighted by molar-refractivity contribution is -0.121. The van der Waals surface area contributed by atoms with E-state index in [1.165, 1.54) is 19.3 Å². The van der Waals surface area contributed by atoms with Crippen molar-refractivity contribution >= 4 is 5.91 Å². The van der Waals surface area contributed by atoms with Gasteiger partial charge in [-0.3, -0.25) is 9.48 Å². The largest absolute Gasteiger partial charge is 0.340 e. The van der Waals surface area contributed by atoms with Gasteiger partial charge in [0, 0.05) is 19.7 Å². The predicted octanol–water partition coefficient (Wildman–Crippen LogP) is 1.94. The standard InChI is InChI=1S/C15H22N4O/c1-19-11-12(10-17-19)7-8-15(20)18-14(9-16)13-5-3-2-4-6-13/h10-11,13-14H,2-8H2,1H3,(H,18,20). The van der Waals surface area contributed by atoms with Crippen LogP contribution in [0.25, 0.3) is 0 Å². The van der Waals surface area contributed by atoms with Gasteiger partial charge in [0.2, 0.25) is 5.91 Å². The van der Waals surface area contributed by atoms with E-state index in [1.807, 2.05) is 13.2 Å². The molecule has 5 heteroatoms. The number of hydrogen-bond donors (Lipinski definition) is 1. The van der Waals surface area contributed by atoms with E-state index in [-0.39, 0.29) is 11.9 Å². The highest BCUT2D eigenvalue weighted by Gasteiger charge is 2.24. The number of nitriles is 1. The van der Waals surface area contributed by atoms with Crippen molar-refractivity contribution in [1.82, 2.24) is 15.1 Å². The number of carbonyl (C=O) groups is 1. The Hall–Kier alpha value is -1.83. The zero-order chi connectivity index (χ0) is 14.4. The number of hydrogen-bond acceptors (Lipinski definition) is 3. The molecule has 0 radical (unpaired) electrons. The summed E-state index contributed by atoms with van der Waals surface area (Å²) < 4.78 is 1.73. The normalized spacial score (nSPS) is 17.4. The van der Waals surface area contributed by atoms with Gasteiger partial charge in [0.15, 0.2) is 0 Å². The van der Waals surface area contributed by atoms with Gasteiger partial charge in [-0.05, 0) is 30.7 Å². The molecule has 1 heterocycles. The first kappa shape index (κ1) is 14.6. The van der Waals surface area contributed by atoms with Crippen LogP contribution in [0.1, 0.15) is 44.1 Å². The molecular formula is C15H22N4O. The average Bonchev–Trinajstić information content (AvgIpc) is 2.89. The molecule has 108 valence electrons. The summed E-state index contributed by atoms with van der Waals surface area (Å²) in [5, 5.41) is 16.2. The average molecular weight is 274 g/mol. The van der Waals surface area contributed by atoms with Gasteiger partial charge < -0.3 is 5.32 Å². The van der Waals surface area contributed by atoms with Crippen molar-refractivity contribution in [3.8, 4) is 6.07 Å². The second-order valence-corrected chi connectivity index (χ2v) is 5.59. The Morgan fingerprint density at radius 3 is 2.90 bits per heavy atom. The Morgan fingerprint density at radius 2 is 2.30 bits per heavy atom. The van der Waals surface area contributed by atoms with Gasteiger partial charge in [-0.2, -0.15) is 10.4 Å². The maximum atomic E-state index is 11.9. The van der Waals surface area contributed by atoms with Crippen LogP contribution < -0.4 is 5.32 Å². The van der Waals surface area contributed by atoms with Crippen LogP contribution in [0.4, 0.5) is 0 Å². The van der Waals surface area contributed by atoms with Gasteiger partial charge in [-0.1, -0.05) is 19.3 Å². The van der Waals surface area contributed by atoms with Gasteiger partial charge in [0.05, 0.1) is 12.3 Å². The summed E-state index contributed by atoms with van der Waals surface area (Å²) in [5.74, 6) is 0.294. The lowest BCUT2D eigenvalue weighted by Gasteiger charge is -2.26. The maximum Gasteiger partial charge on any atom is 0.221 e. The highest BCUT2D eigenvalue weighted by Crippen LogP contribution is 2.26. The van der Waals surface area contributed by atoms with Crippen molar-refractivity contribution in [3.05, 3.63) is 18.0 Å². The molecule has 1 aromatic rings. The number of nitrogens with one attached hydrogen (secondary N) is 1. The van der Waals surface area contributed by atoms with Gasteiger partial charge >= 0.3 is 0 Å². The summed E-state index contributed by atoms with van der Waals surface area (Å²) >= 11 is 0. The Kier molecular flexibility index (Phi) is 5.16. The summed E-state index contributed by atoms with van der Waals surface area (Å²) in [6.07, 6.45) is 10.5. The Labute approximate surface area is 120 Å². The molecule has 2 rings (SSSR count). The molecule has 1 saturated carbocycles. The monoisotopic (exact) mass is 274 g/mol. The summed E-state index contributed by atoms with van der Waals surface area (Å²) in [6, 6.07) is 1.93. The Morgan fingerprint density at radius 1 is 1.55 bits per heavy atom. The van der Waals surface area contributed by atoms with Crippen molar-refractivity contribution < 1.29 is 4.79 Å². The van der Waals surface area contributed by atoms with Crippen LogP contribution in [-0.2, 0) is 18.3 Å². The third kappa shape index (κ3) is 4.09. The minimum atomic E-state index is -0.323. The molecule has 0 spiro atoms. The van der Waals surface area contributed by atoms with E-state index in [9.17, 15) is 10.1 Å². The first-order valence-electron chi connectivity index (χ1n) is 7.35. The Balaban J connectivity index is 1.78. The van der Waals surface area contributed by atoms with Crippen LogP contribution >= 0.6 is 0 Å². The highest BCUT2D eigenvalue weighted by molar-refractivity contribution is 5.76. The highest BCUT2D eigenvalue weighted by atomic mass is 16.1. The third-order valence-corrected chi connectivity index (χ3v) is 3.98. The van der Waals surface area contributed by atoms with Gasteiger partial charge in [0.1, 0.15) is 6.04 Å². The van der Waals surface area contributed by atoms with E-state index in [2.05, 4.69) is 16.5 Å². The first-order valence-corrected chi connectivity index (χ1v) is 7.35. The van der Waals surface area contributed by atoms with Crippen LogP contribution in [0.2, 0.25) is 0 Å². The van der Waals surface area contributed by atoms with E-state index in [1.54, 1.807) is 10.9 Å². The molecule has 1 aliphatic carbocycles. The molecule has 0 saturated heterocycles. The summed E-state index contributed by atoms with van der Waals surface area (Å²) in [4.78, 5) is 11.9. The maximum absolute atomic E-state index is 11.9. The number of aryl methyl sites for hydroxylation is 2. The molecule has 1 fully saturated rings. The Bertz CT molecular complexity index is 482. The first-order chi connectivity index (χ1) is 9.69. The fraction of sp³-hybridized carbons (Fsp3) is 0.667. The molecule has 1 unspecified atom stereocenters. The molecule has 1 N–H and O–H groups in total. The predicted molar refractivity (Wildman–Crippen MR) is 75.6 cm³/mol. The molecule has 1 atom stereocenters. The smallest absolute Gasteiger partial charge is 0.221 e. The van der Waals surface area contributed by atoms with Crippen LogP contribution in [0.5, 0.6) is 0 Å². The van der Waals surface area contributed by atoms with Crippen LogP contribution in [0, 0.1) is 17.2 Å². The van der Waals surface area contributed by atoms with Crippen molar-refractivity contribution in [3.63, 3.8) is 0 Å². The minimum Gasteiger partial charge on any atom is -0.340 e. The van der Waals surface area contributed by atoms with Crippen LogP contribution in [0.15, 0.2) is 12.4 Å². The van der Waals surface area contributed by atoms with Gasteiger partial charge in [0.25, 0.3) is 0 Å². The van der Waals surface area contributed by atoms with E-state index in [0.717, 1.165) is 18.4 Å². The number of nitrogens with zero attached hydrogens (tertiary/aromatic N) is 3. The summed E-state index contributed by atoms with van der Waals surface area (Å²) in [7, 11) is 1.86. The van der Waals surface area contributed by atoms with Gasteiger partial charge in [-0.25, -0.2) is 0 Å². The van der Waals surface area contributed by atoms with Crippen molar-refractivity contribution in [1.29, 1.82) is 5.26 Å². The lowest BCUT2D eigenvalue weighted by atomic mass is 9.84. The van der Waals surface area contributed by atoms with Gasteiger partial charge in [-0.15, -0.1) is 0 Å². The second kappa shape index (κ2) is 7.09. The molecular weight excluding hydrogens is 252 g/mol. The number of aromatic nitrogens is 2. The number of rotatable bonds is 5. The molecule has 1 aromatic heterocycles. The van der Waals surface area contributed by atoms with Crippen molar-refractivity contribution in [2.75, 3.05) is 0 Å². The topological polar surface area (TPSA) is 70.7 Å². The van der Waals surface area contributed by atoms with Crippen LogP contribution in [-0.4, -0.2) is 21.7 Å². The van der Waals surface area contributed by atoms with Crippen molar-refractivity contribution in [2.24, 2.45) is 13.0 Å². The molecule has 1 aliphatic rings. The molecule has 0 aliphatic heterocycles. The number of amides is 1. The molecule has 0 bridgehead atoms. The third-order valence-electron chi connectivity index (χ3n) is 3.98. The zero-order valence-corrected chi connectivity index (χ0v) is 12.0. The quantitative estimate of drug-likeness (QED) is 0.892. The number of carbonyl (C=O) groups excluding carboxylic acids is 1. The van der Waals surface area contributed by atoms with E-state index in [0.29, 0.717) is 18.8 Å². The molecule has 0 aromatic carbocycles. The lowest BCUT2D eigenvalue weighted by Crippen LogP contribution is -2.40. The second-order valence-electron chi connectivity index (χ2n) is 5.59.